The Morgan fingerprint density at radius 1 is 0.706 bits per heavy atom. The normalized spacial score (nSPS) is 10.6. The molecule has 2 aromatic rings. The van der Waals surface area contributed by atoms with E-state index in [9.17, 15) is 14.4 Å². The van der Waals surface area contributed by atoms with E-state index in [-0.39, 0.29) is 39.3 Å². The summed E-state index contributed by atoms with van der Waals surface area (Å²) in [5, 5.41) is 0. The number of halogens is 4. The third kappa shape index (κ3) is 1.99. The Kier molecular flexibility index (Phi) is 4.47. The molecule has 0 saturated carbocycles. The average molecular weight is 329 g/mol. The predicted molar refractivity (Wildman–Crippen MR) is 65.5 cm³/mol. The Morgan fingerprint density at radius 2 is 1.12 bits per heavy atom. The van der Waals surface area contributed by atoms with Crippen molar-refractivity contribution in [2.45, 2.75) is 0 Å². The van der Waals surface area contributed by atoms with Gasteiger partial charge in [-0.15, -0.1) is 0 Å². The van der Waals surface area contributed by atoms with Crippen LogP contribution in [0.1, 0.15) is 0 Å². The second-order valence-corrected chi connectivity index (χ2v) is 4.02. The fourth-order valence-corrected chi connectivity index (χ4v) is 2.10. The van der Waals surface area contributed by atoms with Crippen LogP contribution in [0.4, 0.5) is 0 Å². The Morgan fingerprint density at radius 3 is 1.59 bits per heavy atom. The van der Waals surface area contributed by atoms with Crippen molar-refractivity contribution in [1.29, 1.82) is 0 Å². The molecule has 2 rings (SSSR count). The smallest absolute Gasteiger partial charge is 0.265 e. The number of hydrogen-bond acceptors (Lipinski definition) is 3. The number of nitrogens with zero attached hydrogens (tertiary/aromatic N) is 4. The molecule has 0 saturated heterocycles. The van der Waals surface area contributed by atoms with Crippen LogP contribution in [-0.4, -0.2) is 45.9 Å². The van der Waals surface area contributed by atoms with Crippen molar-refractivity contribution in [3.05, 3.63) is 31.3 Å². The molecule has 2 aromatic heterocycles. The van der Waals surface area contributed by atoms with Crippen LogP contribution in [0.25, 0.3) is 11.2 Å². The van der Waals surface area contributed by atoms with Gasteiger partial charge in [0.25, 0.3) is 5.56 Å². The molecule has 17 heavy (non-hydrogen) atoms. The van der Waals surface area contributed by atoms with Gasteiger partial charge in [-0.1, -0.05) is 0 Å². The zero-order valence-corrected chi connectivity index (χ0v) is 13.0. The molecule has 0 spiro atoms. The van der Waals surface area contributed by atoms with Crippen LogP contribution in [0.5, 0.6) is 0 Å². The van der Waals surface area contributed by atoms with Gasteiger partial charge >= 0.3 is 11.4 Å². The third-order valence-corrected chi connectivity index (χ3v) is 3.05. The van der Waals surface area contributed by atoms with Crippen LogP contribution in [0.3, 0.4) is 0 Å². The molecule has 0 aromatic carbocycles. The molecular weight excluding hydrogens is 329 g/mol. The van der Waals surface area contributed by atoms with Crippen LogP contribution in [-0.2, 0) is 0 Å². The number of hydrogen-bond donors (Lipinski definition) is 0. The van der Waals surface area contributed by atoms with Gasteiger partial charge in [-0.05, 0) is 0 Å². The molecule has 12 heteroatoms. The SMILES string of the molecule is O=c1c2c(n(Cl)c(=O)n1Cl)n(Cl)c(=O)n2Cl.[Na]. The summed E-state index contributed by atoms with van der Waals surface area (Å²) >= 11 is 21.9. The van der Waals surface area contributed by atoms with E-state index in [0.29, 0.717) is 12.3 Å². The summed E-state index contributed by atoms with van der Waals surface area (Å²) in [6.07, 6.45) is 0. The molecule has 7 nitrogen and oxygen atoms in total. The maximum atomic E-state index is 11.5. The van der Waals surface area contributed by atoms with E-state index in [4.69, 9.17) is 47.1 Å². The molecule has 0 fully saturated rings. The second-order valence-electron chi connectivity index (χ2n) is 2.67. The minimum Gasteiger partial charge on any atom is -0.265 e. The van der Waals surface area contributed by atoms with Gasteiger partial charge in [-0.25, -0.2) is 9.59 Å². The molecule has 0 N–H and O–H groups in total. The average Bonchev–Trinajstić information content (AvgIpc) is 2.48. The summed E-state index contributed by atoms with van der Waals surface area (Å²) in [5.41, 5.74) is -3.74. The minimum atomic E-state index is -1.06. The first-order valence-corrected chi connectivity index (χ1v) is 4.93. The van der Waals surface area contributed by atoms with Gasteiger partial charge in [-0.3, -0.25) is 4.79 Å². The summed E-state index contributed by atoms with van der Waals surface area (Å²) in [4.78, 5) is 34.2. The van der Waals surface area contributed by atoms with Crippen LogP contribution in [0, 0.1) is 0 Å². The van der Waals surface area contributed by atoms with Crippen molar-refractivity contribution in [3.63, 3.8) is 0 Å². The molecule has 0 unspecified atom stereocenters. The summed E-state index contributed by atoms with van der Waals surface area (Å²) < 4.78 is 1.46. The molecule has 1 radical (unpaired) electrons. The van der Waals surface area contributed by atoms with E-state index in [1.165, 1.54) is 0 Å². The van der Waals surface area contributed by atoms with Crippen molar-refractivity contribution >= 4 is 87.8 Å². The Bertz CT molecular complexity index is 771. The van der Waals surface area contributed by atoms with Gasteiger partial charge in [0.2, 0.25) is 0 Å². The minimum absolute atomic E-state index is 0. The van der Waals surface area contributed by atoms with Crippen LogP contribution < -0.4 is 16.9 Å². The van der Waals surface area contributed by atoms with Gasteiger partial charge in [0, 0.05) is 76.7 Å². The van der Waals surface area contributed by atoms with Gasteiger partial charge in [0.05, 0.1) is 0 Å². The van der Waals surface area contributed by atoms with Gasteiger partial charge in [-0.2, -0.15) is 16.3 Å². The van der Waals surface area contributed by atoms with Crippen LogP contribution >= 0.6 is 47.1 Å². The van der Waals surface area contributed by atoms with E-state index in [1.807, 2.05) is 0 Å². The molecule has 0 bridgehead atoms. The summed E-state index contributed by atoms with van der Waals surface area (Å²) in [5.74, 6) is 0. The van der Waals surface area contributed by atoms with Crippen molar-refractivity contribution in [3.8, 4) is 0 Å². The largest absolute Gasteiger partial charge is 0.362 e. The number of fused-ring (bicyclic) bond motifs is 1. The number of imidazole rings is 1. The van der Waals surface area contributed by atoms with E-state index in [1.54, 1.807) is 0 Å². The first kappa shape index (κ1) is 15.2. The molecule has 2 heterocycles. The summed E-state index contributed by atoms with van der Waals surface area (Å²) in [6, 6.07) is 0. The Labute approximate surface area is 134 Å². The molecule has 0 amide bonds. The van der Waals surface area contributed by atoms with Gasteiger partial charge in [0.15, 0.2) is 11.2 Å². The topological polar surface area (TPSA) is 70.9 Å². The zero-order chi connectivity index (χ0) is 12.2. The summed E-state index contributed by atoms with van der Waals surface area (Å²) in [7, 11) is 0. The summed E-state index contributed by atoms with van der Waals surface area (Å²) in [6.45, 7) is 0. The predicted octanol–water partition coefficient (Wildman–Crippen LogP) is -0.247. The van der Waals surface area contributed by atoms with Crippen molar-refractivity contribution in [2.75, 3.05) is 0 Å². The third-order valence-electron chi connectivity index (χ3n) is 1.83. The van der Waals surface area contributed by atoms with Crippen molar-refractivity contribution in [2.24, 2.45) is 0 Å². The van der Waals surface area contributed by atoms with E-state index < -0.39 is 22.5 Å². The van der Waals surface area contributed by atoms with Crippen molar-refractivity contribution in [1.82, 2.24) is 16.3 Å². The number of rotatable bonds is 0. The van der Waals surface area contributed by atoms with Gasteiger partial charge < -0.3 is 0 Å². The van der Waals surface area contributed by atoms with Crippen LogP contribution in [0.2, 0.25) is 0 Å². The Balaban J connectivity index is 0.00000144. The number of aromatic nitrogens is 4. The monoisotopic (exact) mass is 327 g/mol. The Hall–Kier alpha value is 0.110. The molecule has 0 atom stereocenters. The maximum absolute atomic E-state index is 11.5. The van der Waals surface area contributed by atoms with E-state index in [0.717, 1.165) is 0 Å². The molecular formula is C5Cl4N4NaO3. The molecule has 0 aliphatic rings. The fourth-order valence-electron chi connectivity index (χ4n) is 1.14. The standard InChI is InChI=1S/C5Cl4N4O3.Na/c6-10-1-2(11(7)4(10)15)12(8)5(16)13(9)3(1)14;. The zero-order valence-electron chi connectivity index (χ0n) is 8.03. The molecule has 87 valence electrons. The van der Waals surface area contributed by atoms with Crippen molar-refractivity contribution < 1.29 is 0 Å². The first-order valence-electron chi connectivity index (χ1n) is 3.58. The van der Waals surface area contributed by atoms with Gasteiger partial charge in [0.1, 0.15) is 0 Å². The molecule has 0 aliphatic heterocycles. The van der Waals surface area contributed by atoms with E-state index in [2.05, 4.69) is 0 Å². The van der Waals surface area contributed by atoms with Crippen LogP contribution in [0.15, 0.2) is 14.4 Å². The maximum Gasteiger partial charge on any atom is 0.362 e. The molecule has 0 aliphatic carbocycles. The second kappa shape index (κ2) is 5.00. The van der Waals surface area contributed by atoms with E-state index >= 15 is 0 Å². The fraction of sp³-hybridized carbons (Fsp3) is 0. The first-order chi connectivity index (χ1) is 7.37. The quantitative estimate of drug-likeness (QED) is 0.626.